The van der Waals surface area contributed by atoms with Crippen LogP contribution >= 0.6 is 11.8 Å². The Morgan fingerprint density at radius 1 is 1.41 bits per heavy atom. The van der Waals surface area contributed by atoms with E-state index in [0.717, 1.165) is 11.4 Å². The van der Waals surface area contributed by atoms with E-state index >= 15 is 0 Å². The first-order chi connectivity index (χ1) is 10.6. The molecule has 2 aromatic rings. The van der Waals surface area contributed by atoms with Gasteiger partial charge in [-0.05, 0) is 19.4 Å². The Labute approximate surface area is 133 Å². The van der Waals surface area contributed by atoms with Gasteiger partial charge in [0.1, 0.15) is 11.9 Å². The van der Waals surface area contributed by atoms with Crippen molar-refractivity contribution in [1.29, 1.82) is 5.26 Å². The van der Waals surface area contributed by atoms with Crippen LogP contribution in [-0.2, 0) is 16.1 Å². The number of aryl methyl sites for hydroxylation is 1. The molecule has 7 heteroatoms. The molecule has 0 saturated carbocycles. The molecule has 0 amide bonds. The lowest BCUT2D eigenvalue weighted by Crippen LogP contribution is -2.15. The first kappa shape index (κ1) is 16.0. The van der Waals surface area contributed by atoms with E-state index in [1.165, 1.54) is 18.7 Å². The van der Waals surface area contributed by atoms with E-state index in [1.807, 2.05) is 47.9 Å². The van der Waals surface area contributed by atoms with Crippen molar-refractivity contribution in [2.24, 2.45) is 0 Å². The largest absolute Gasteiger partial charge is 0.447 e. The van der Waals surface area contributed by atoms with Crippen LogP contribution in [0.25, 0.3) is 0 Å². The lowest BCUT2D eigenvalue weighted by atomic mass is 10.2. The minimum Gasteiger partial charge on any atom is -0.447 e. The molecule has 0 unspecified atom stereocenters. The Balaban J connectivity index is 2.01. The number of esters is 1. The fourth-order valence-electron chi connectivity index (χ4n) is 1.80. The molecule has 0 radical (unpaired) electrons. The Morgan fingerprint density at radius 2 is 2.14 bits per heavy atom. The summed E-state index contributed by atoms with van der Waals surface area (Å²) in [6.07, 6.45) is -0.739. The number of hydrogen-bond donors (Lipinski definition) is 0. The predicted molar refractivity (Wildman–Crippen MR) is 82.2 cm³/mol. The van der Waals surface area contributed by atoms with Crippen LogP contribution in [0.2, 0.25) is 0 Å². The average Bonchev–Trinajstić information content (AvgIpc) is 2.87. The van der Waals surface area contributed by atoms with Crippen LogP contribution in [0.5, 0.6) is 0 Å². The molecule has 6 nitrogen and oxygen atoms in total. The Morgan fingerprint density at radius 3 is 2.82 bits per heavy atom. The van der Waals surface area contributed by atoms with Crippen molar-refractivity contribution in [3.05, 3.63) is 41.7 Å². The smallest absolute Gasteiger partial charge is 0.317 e. The number of nitrogens with zero attached hydrogens (tertiary/aromatic N) is 4. The van der Waals surface area contributed by atoms with Crippen molar-refractivity contribution in [1.82, 2.24) is 14.8 Å². The third-order valence-corrected chi connectivity index (χ3v) is 3.83. The second-order valence-electron chi connectivity index (χ2n) is 4.65. The van der Waals surface area contributed by atoms with Crippen molar-refractivity contribution in [2.45, 2.75) is 31.7 Å². The van der Waals surface area contributed by atoms with Gasteiger partial charge in [0, 0.05) is 0 Å². The minimum atomic E-state index is -0.739. The van der Waals surface area contributed by atoms with Gasteiger partial charge in [-0.2, -0.15) is 5.26 Å². The molecular formula is C15H16N4O2S. The fraction of sp³-hybridized carbons (Fsp3) is 0.333. The molecule has 0 aliphatic heterocycles. The molecule has 1 aromatic carbocycles. The number of carbonyl (C=O) groups is 1. The predicted octanol–water partition coefficient (Wildman–Crippen LogP) is 2.18. The highest BCUT2D eigenvalue weighted by Crippen LogP contribution is 2.18. The molecule has 22 heavy (non-hydrogen) atoms. The summed E-state index contributed by atoms with van der Waals surface area (Å²) in [6, 6.07) is 11.8. The Kier molecular flexibility index (Phi) is 5.55. The molecule has 1 atom stereocenters. The zero-order valence-corrected chi connectivity index (χ0v) is 13.2. The molecule has 0 bridgehead atoms. The van der Waals surface area contributed by atoms with Gasteiger partial charge in [0.15, 0.2) is 11.3 Å². The van der Waals surface area contributed by atoms with Gasteiger partial charge in [-0.3, -0.25) is 4.79 Å². The highest BCUT2D eigenvalue weighted by atomic mass is 32.2. The maximum absolute atomic E-state index is 11.6. The van der Waals surface area contributed by atoms with Gasteiger partial charge in [0.25, 0.3) is 0 Å². The maximum atomic E-state index is 11.6. The summed E-state index contributed by atoms with van der Waals surface area (Å²) >= 11 is 1.25. The van der Waals surface area contributed by atoms with Crippen molar-refractivity contribution in [3.63, 3.8) is 0 Å². The van der Waals surface area contributed by atoms with E-state index in [-0.39, 0.29) is 5.75 Å². The number of hydrogen-bond acceptors (Lipinski definition) is 6. The first-order valence-electron chi connectivity index (χ1n) is 6.75. The minimum absolute atomic E-state index is 0.0962. The van der Waals surface area contributed by atoms with Gasteiger partial charge in [-0.15, -0.1) is 10.2 Å². The molecule has 0 aliphatic carbocycles. The van der Waals surface area contributed by atoms with Crippen molar-refractivity contribution in [3.8, 4) is 6.07 Å². The lowest BCUT2D eigenvalue weighted by Gasteiger charge is -2.09. The lowest BCUT2D eigenvalue weighted by molar-refractivity contribution is -0.142. The van der Waals surface area contributed by atoms with Crippen molar-refractivity contribution < 1.29 is 9.53 Å². The molecular weight excluding hydrogens is 300 g/mol. The molecule has 0 saturated heterocycles. The SMILES string of the molecule is Cc1nnc(SCC(=O)O[C@H](C)C#N)n1Cc1ccccc1. The van der Waals surface area contributed by atoms with Gasteiger partial charge in [-0.25, -0.2) is 0 Å². The van der Waals surface area contributed by atoms with Crippen LogP contribution in [0.1, 0.15) is 18.3 Å². The van der Waals surface area contributed by atoms with E-state index in [2.05, 4.69) is 10.2 Å². The Hall–Kier alpha value is -2.33. The number of thioether (sulfide) groups is 1. The van der Waals surface area contributed by atoms with E-state index in [9.17, 15) is 4.79 Å². The highest BCUT2D eigenvalue weighted by molar-refractivity contribution is 7.99. The highest BCUT2D eigenvalue weighted by Gasteiger charge is 2.14. The number of nitriles is 1. The summed E-state index contributed by atoms with van der Waals surface area (Å²) in [7, 11) is 0. The third-order valence-electron chi connectivity index (χ3n) is 2.89. The summed E-state index contributed by atoms with van der Waals surface area (Å²) in [6.45, 7) is 4.05. The number of aromatic nitrogens is 3. The fourth-order valence-corrected chi connectivity index (χ4v) is 2.56. The van der Waals surface area contributed by atoms with Crippen molar-refractivity contribution >= 4 is 17.7 Å². The normalized spacial score (nSPS) is 11.7. The van der Waals surface area contributed by atoms with Crippen LogP contribution < -0.4 is 0 Å². The summed E-state index contributed by atoms with van der Waals surface area (Å²) in [5.74, 6) is 0.440. The van der Waals surface area contributed by atoms with Gasteiger partial charge in [0.2, 0.25) is 0 Å². The zero-order valence-electron chi connectivity index (χ0n) is 12.4. The standard InChI is InChI=1S/C15H16N4O2S/c1-11(8-16)21-14(20)10-22-15-18-17-12(2)19(15)9-13-6-4-3-5-7-13/h3-7,11H,9-10H2,1-2H3/t11-/m1/s1. The summed E-state index contributed by atoms with van der Waals surface area (Å²) in [5, 5.41) is 17.4. The van der Waals surface area contributed by atoms with E-state index in [4.69, 9.17) is 10.00 Å². The van der Waals surface area contributed by atoms with Gasteiger partial charge in [-0.1, -0.05) is 42.1 Å². The molecule has 0 spiro atoms. The van der Waals surface area contributed by atoms with E-state index in [0.29, 0.717) is 11.7 Å². The second kappa shape index (κ2) is 7.61. The average molecular weight is 316 g/mol. The monoisotopic (exact) mass is 316 g/mol. The number of rotatable bonds is 6. The van der Waals surface area contributed by atoms with Crippen LogP contribution in [0.4, 0.5) is 0 Å². The third kappa shape index (κ3) is 4.33. The summed E-state index contributed by atoms with van der Waals surface area (Å²) < 4.78 is 6.85. The number of ether oxygens (including phenoxy) is 1. The second-order valence-corrected chi connectivity index (χ2v) is 5.59. The van der Waals surface area contributed by atoms with E-state index in [1.54, 1.807) is 0 Å². The number of benzene rings is 1. The molecule has 1 heterocycles. The first-order valence-corrected chi connectivity index (χ1v) is 7.74. The number of carbonyl (C=O) groups excluding carboxylic acids is 1. The summed E-state index contributed by atoms with van der Waals surface area (Å²) in [4.78, 5) is 11.6. The van der Waals surface area contributed by atoms with Gasteiger partial charge < -0.3 is 9.30 Å². The van der Waals surface area contributed by atoms with Gasteiger partial charge >= 0.3 is 5.97 Å². The zero-order chi connectivity index (χ0) is 15.9. The summed E-state index contributed by atoms with van der Waals surface area (Å²) in [5.41, 5.74) is 1.13. The van der Waals surface area contributed by atoms with Crippen LogP contribution in [0.3, 0.4) is 0 Å². The quantitative estimate of drug-likeness (QED) is 0.600. The molecule has 0 N–H and O–H groups in total. The van der Waals surface area contributed by atoms with Crippen LogP contribution in [0.15, 0.2) is 35.5 Å². The van der Waals surface area contributed by atoms with Crippen LogP contribution in [0, 0.1) is 18.3 Å². The van der Waals surface area contributed by atoms with E-state index < -0.39 is 12.1 Å². The molecule has 0 aliphatic rings. The van der Waals surface area contributed by atoms with Crippen molar-refractivity contribution in [2.75, 3.05) is 5.75 Å². The maximum Gasteiger partial charge on any atom is 0.317 e. The molecule has 2 rings (SSSR count). The molecule has 114 valence electrons. The Bertz CT molecular complexity index is 679. The molecule has 0 fully saturated rings. The molecule has 1 aromatic heterocycles. The topological polar surface area (TPSA) is 80.8 Å². The van der Waals surface area contributed by atoms with Crippen LogP contribution in [-0.4, -0.2) is 32.6 Å². The van der Waals surface area contributed by atoms with Gasteiger partial charge in [0.05, 0.1) is 12.3 Å².